The van der Waals surface area contributed by atoms with Gasteiger partial charge in [-0.25, -0.2) is 0 Å². The van der Waals surface area contributed by atoms with Crippen molar-refractivity contribution in [2.45, 2.75) is 19.6 Å². The minimum atomic E-state index is -0.938. The molecule has 0 unspecified atom stereocenters. The van der Waals surface area contributed by atoms with E-state index in [1.165, 1.54) is 6.92 Å². The third kappa shape index (κ3) is 4.10. The topological polar surface area (TPSA) is 71.5 Å². The number of aliphatic hydroxyl groups excluding tert-OH is 1. The smallest absolute Gasteiger partial charge is 0.251 e. The molecule has 1 aromatic rings. The van der Waals surface area contributed by atoms with Gasteiger partial charge in [0.1, 0.15) is 6.10 Å². The van der Waals surface area contributed by atoms with Crippen molar-refractivity contribution in [3.05, 3.63) is 17.7 Å². The molecule has 1 amide bonds. The molecule has 0 aliphatic carbocycles. The van der Waals surface area contributed by atoms with Gasteiger partial charge in [-0.05, 0) is 24.6 Å². The summed E-state index contributed by atoms with van der Waals surface area (Å²) in [5.41, 5.74) is 1.06. The van der Waals surface area contributed by atoms with E-state index < -0.39 is 6.10 Å². The lowest BCUT2D eigenvalue weighted by atomic mass is 10.1. The fourth-order valence-corrected chi connectivity index (χ4v) is 2.88. The van der Waals surface area contributed by atoms with Gasteiger partial charge < -0.3 is 24.2 Å². The first-order chi connectivity index (χ1) is 11.5. The third-order valence-corrected chi connectivity index (χ3v) is 4.17. The van der Waals surface area contributed by atoms with Crippen molar-refractivity contribution >= 4 is 5.91 Å². The molecule has 7 nitrogen and oxygen atoms in total. The quantitative estimate of drug-likeness (QED) is 0.825. The van der Waals surface area contributed by atoms with E-state index in [0.717, 1.165) is 25.2 Å². The van der Waals surface area contributed by atoms with E-state index in [4.69, 9.17) is 14.2 Å². The zero-order valence-electron chi connectivity index (χ0n) is 14.7. The van der Waals surface area contributed by atoms with Gasteiger partial charge in [-0.3, -0.25) is 9.69 Å². The van der Waals surface area contributed by atoms with Crippen molar-refractivity contribution < 1.29 is 24.1 Å². The van der Waals surface area contributed by atoms with Gasteiger partial charge in [-0.2, -0.15) is 0 Å². The summed E-state index contributed by atoms with van der Waals surface area (Å²) in [4.78, 5) is 15.8. The number of piperazine rings is 1. The molecule has 1 N–H and O–H groups in total. The van der Waals surface area contributed by atoms with E-state index in [1.807, 2.05) is 12.1 Å². The Morgan fingerprint density at radius 2 is 1.62 bits per heavy atom. The van der Waals surface area contributed by atoms with Crippen LogP contribution in [0.25, 0.3) is 0 Å². The van der Waals surface area contributed by atoms with Crippen LogP contribution in [-0.2, 0) is 11.3 Å². The highest BCUT2D eigenvalue weighted by atomic mass is 16.5. The summed E-state index contributed by atoms with van der Waals surface area (Å²) in [6.07, 6.45) is -0.938. The zero-order valence-corrected chi connectivity index (χ0v) is 14.7. The molecule has 1 aliphatic heterocycles. The highest BCUT2D eigenvalue weighted by molar-refractivity contribution is 5.80. The lowest BCUT2D eigenvalue weighted by Crippen LogP contribution is -2.50. The Morgan fingerprint density at radius 3 is 2.04 bits per heavy atom. The van der Waals surface area contributed by atoms with Crippen molar-refractivity contribution in [2.75, 3.05) is 47.5 Å². The maximum atomic E-state index is 11.8. The summed E-state index contributed by atoms with van der Waals surface area (Å²) >= 11 is 0. The highest BCUT2D eigenvalue weighted by Crippen LogP contribution is 2.38. The average molecular weight is 338 g/mol. The second-order valence-electron chi connectivity index (χ2n) is 5.81. The van der Waals surface area contributed by atoms with Gasteiger partial charge in [0.2, 0.25) is 5.75 Å². The van der Waals surface area contributed by atoms with Crippen LogP contribution in [0.2, 0.25) is 0 Å². The van der Waals surface area contributed by atoms with Crippen molar-refractivity contribution in [1.29, 1.82) is 0 Å². The summed E-state index contributed by atoms with van der Waals surface area (Å²) in [6.45, 7) is 4.99. The fourth-order valence-electron chi connectivity index (χ4n) is 2.88. The molecule has 1 heterocycles. The molecule has 1 aliphatic rings. The number of amides is 1. The molecule has 24 heavy (non-hydrogen) atoms. The molecule has 0 radical (unpaired) electrons. The van der Waals surface area contributed by atoms with Crippen LogP contribution in [0.4, 0.5) is 0 Å². The van der Waals surface area contributed by atoms with Crippen LogP contribution < -0.4 is 14.2 Å². The standard InChI is InChI=1S/C17H26N2O5/c1-12(20)17(21)19-7-5-18(6-8-19)11-13-9-14(22-2)16(24-4)15(10-13)23-3/h9-10,12,20H,5-8,11H2,1-4H3/t12-/m1/s1. The molecular formula is C17H26N2O5. The van der Waals surface area contributed by atoms with Crippen molar-refractivity contribution in [1.82, 2.24) is 9.80 Å². The third-order valence-electron chi connectivity index (χ3n) is 4.17. The molecule has 134 valence electrons. The Balaban J connectivity index is 2.03. The summed E-state index contributed by atoms with van der Waals surface area (Å²) in [6, 6.07) is 3.88. The summed E-state index contributed by atoms with van der Waals surface area (Å²) in [5, 5.41) is 9.39. The molecule has 0 saturated carbocycles. The number of ether oxygens (including phenoxy) is 3. The average Bonchev–Trinajstić information content (AvgIpc) is 2.60. The number of carbonyl (C=O) groups excluding carboxylic acids is 1. The van der Waals surface area contributed by atoms with Crippen LogP contribution in [0.1, 0.15) is 12.5 Å². The molecule has 1 atom stereocenters. The van der Waals surface area contributed by atoms with Gasteiger partial charge in [0.05, 0.1) is 21.3 Å². The predicted octanol–water partition coefficient (Wildman–Crippen LogP) is 0.737. The normalized spacial score (nSPS) is 16.6. The molecule has 1 aromatic carbocycles. The van der Waals surface area contributed by atoms with Crippen molar-refractivity contribution in [2.24, 2.45) is 0 Å². The molecule has 7 heteroatoms. The molecular weight excluding hydrogens is 312 g/mol. The lowest BCUT2D eigenvalue weighted by molar-refractivity contribution is -0.141. The van der Waals surface area contributed by atoms with Crippen LogP contribution in [0.15, 0.2) is 12.1 Å². The number of methoxy groups -OCH3 is 3. The first-order valence-corrected chi connectivity index (χ1v) is 7.98. The van der Waals surface area contributed by atoms with Crippen LogP contribution in [-0.4, -0.2) is 74.4 Å². The van der Waals surface area contributed by atoms with Gasteiger partial charge in [0, 0.05) is 32.7 Å². The van der Waals surface area contributed by atoms with E-state index in [2.05, 4.69) is 4.90 Å². The van der Waals surface area contributed by atoms with Gasteiger partial charge in [-0.1, -0.05) is 0 Å². The van der Waals surface area contributed by atoms with E-state index in [-0.39, 0.29) is 5.91 Å². The van der Waals surface area contributed by atoms with E-state index in [1.54, 1.807) is 26.2 Å². The number of rotatable bonds is 6. The van der Waals surface area contributed by atoms with Crippen LogP contribution in [0, 0.1) is 0 Å². The summed E-state index contributed by atoms with van der Waals surface area (Å²) < 4.78 is 16.1. The van der Waals surface area contributed by atoms with Gasteiger partial charge >= 0.3 is 0 Å². The van der Waals surface area contributed by atoms with Crippen LogP contribution >= 0.6 is 0 Å². The monoisotopic (exact) mass is 338 g/mol. The summed E-state index contributed by atoms with van der Waals surface area (Å²) in [7, 11) is 4.78. The Hall–Kier alpha value is -1.99. The van der Waals surface area contributed by atoms with Crippen LogP contribution in [0.5, 0.6) is 17.2 Å². The Kier molecular flexibility index (Phi) is 6.28. The molecule has 0 aromatic heterocycles. The number of benzene rings is 1. The molecule has 1 saturated heterocycles. The number of aliphatic hydroxyl groups is 1. The summed E-state index contributed by atoms with van der Waals surface area (Å²) in [5.74, 6) is 1.64. The molecule has 0 bridgehead atoms. The first-order valence-electron chi connectivity index (χ1n) is 7.98. The van der Waals surface area contributed by atoms with Gasteiger partial charge in [0.15, 0.2) is 11.5 Å². The van der Waals surface area contributed by atoms with Crippen molar-refractivity contribution in [3.8, 4) is 17.2 Å². The van der Waals surface area contributed by atoms with E-state index >= 15 is 0 Å². The highest BCUT2D eigenvalue weighted by Gasteiger charge is 2.24. The lowest BCUT2D eigenvalue weighted by Gasteiger charge is -2.35. The minimum absolute atomic E-state index is 0.206. The molecule has 0 spiro atoms. The van der Waals surface area contributed by atoms with Gasteiger partial charge in [-0.15, -0.1) is 0 Å². The number of nitrogens with zero attached hydrogens (tertiary/aromatic N) is 2. The number of hydrogen-bond donors (Lipinski definition) is 1. The Morgan fingerprint density at radius 1 is 1.08 bits per heavy atom. The van der Waals surface area contributed by atoms with Crippen LogP contribution in [0.3, 0.4) is 0 Å². The zero-order chi connectivity index (χ0) is 17.7. The minimum Gasteiger partial charge on any atom is -0.493 e. The number of hydrogen-bond acceptors (Lipinski definition) is 6. The van der Waals surface area contributed by atoms with E-state index in [0.29, 0.717) is 30.3 Å². The maximum absolute atomic E-state index is 11.8. The fraction of sp³-hybridized carbons (Fsp3) is 0.588. The van der Waals surface area contributed by atoms with E-state index in [9.17, 15) is 9.90 Å². The number of carbonyl (C=O) groups is 1. The predicted molar refractivity (Wildman–Crippen MR) is 89.6 cm³/mol. The second-order valence-corrected chi connectivity index (χ2v) is 5.81. The SMILES string of the molecule is COc1cc(CN2CCN(C(=O)[C@@H](C)O)CC2)cc(OC)c1OC. The Bertz CT molecular complexity index is 543. The first kappa shape index (κ1) is 18.4. The Labute approximate surface area is 142 Å². The van der Waals surface area contributed by atoms with Gasteiger partial charge in [0.25, 0.3) is 5.91 Å². The molecule has 1 fully saturated rings. The van der Waals surface area contributed by atoms with Crippen molar-refractivity contribution in [3.63, 3.8) is 0 Å². The largest absolute Gasteiger partial charge is 0.493 e. The molecule has 2 rings (SSSR count). The second kappa shape index (κ2) is 8.21. The maximum Gasteiger partial charge on any atom is 0.251 e.